The summed E-state index contributed by atoms with van der Waals surface area (Å²) in [6.07, 6.45) is 4.77. The van der Waals surface area contributed by atoms with Crippen LogP contribution in [0.2, 0.25) is 0 Å². The van der Waals surface area contributed by atoms with Crippen molar-refractivity contribution in [1.82, 2.24) is 0 Å². The normalized spacial score (nSPS) is 14.7. The number of ether oxygens (including phenoxy) is 2. The zero-order valence-electron chi connectivity index (χ0n) is 13.9. The summed E-state index contributed by atoms with van der Waals surface area (Å²) >= 11 is 0. The van der Waals surface area contributed by atoms with E-state index in [0.717, 1.165) is 23.8 Å². The van der Waals surface area contributed by atoms with Gasteiger partial charge in [0.05, 0.1) is 6.10 Å². The Bertz CT molecular complexity index is 908. The van der Waals surface area contributed by atoms with Gasteiger partial charge < -0.3 is 13.9 Å². The Morgan fingerprint density at radius 1 is 0.960 bits per heavy atom. The van der Waals surface area contributed by atoms with Crippen molar-refractivity contribution in [2.45, 2.75) is 38.4 Å². The maximum atomic E-state index is 11.5. The molecule has 0 amide bonds. The summed E-state index contributed by atoms with van der Waals surface area (Å²) in [5.74, 6) is 1.32. The Labute approximate surface area is 146 Å². The van der Waals surface area contributed by atoms with Crippen molar-refractivity contribution in [1.29, 1.82) is 0 Å². The predicted octanol–water partition coefficient (Wildman–Crippen LogP) is 4.69. The molecule has 4 nitrogen and oxygen atoms in total. The van der Waals surface area contributed by atoms with E-state index in [-0.39, 0.29) is 11.7 Å². The van der Waals surface area contributed by atoms with E-state index in [2.05, 4.69) is 0 Å². The first-order valence-electron chi connectivity index (χ1n) is 8.69. The number of fused-ring (bicyclic) bond motifs is 1. The molecule has 128 valence electrons. The molecule has 0 aliphatic heterocycles. The van der Waals surface area contributed by atoms with E-state index in [0.29, 0.717) is 23.7 Å². The first kappa shape index (κ1) is 15.8. The lowest BCUT2D eigenvalue weighted by Crippen LogP contribution is -2.12. The zero-order chi connectivity index (χ0) is 17.1. The van der Waals surface area contributed by atoms with Crippen molar-refractivity contribution in [3.05, 3.63) is 70.6 Å². The van der Waals surface area contributed by atoms with Crippen molar-refractivity contribution < 1.29 is 13.9 Å². The maximum Gasteiger partial charge on any atom is 0.336 e. The molecule has 1 aliphatic carbocycles. The topological polar surface area (TPSA) is 48.7 Å². The molecule has 0 bridgehead atoms. The second-order valence-corrected chi connectivity index (χ2v) is 6.39. The number of benzene rings is 2. The van der Waals surface area contributed by atoms with E-state index >= 15 is 0 Å². The van der Waals surface area contributed by atoms with Gasteiger partial charge in [0, 0.05) is 17.5 Å². The lowest BCUT2D eigenvalue weighted by Gasteiger charge is -2.17. The summed E-state index contributed by atoms with van der Waals surface area (Å²) in [5, 5.41) is 0.833. The summed E-state index contributed by atoms with van der Waals surface area (Å²) in [4.78, 5) is 11.5. The van der Waals surface area contributed by atoms with Crippen LogP contribution in [-0.4, -0.2) is 6.10 Å². The first-order chi connectivity index (χ1) is 12.3. The molecule has 1 heterocycles. The number of hydrogen-bond donors (Lipinski definition) is 0. The molecular weight excluding hydrogens is 316 g/mol. The number of hydrogen-bond acceptors (Lipinski definition) is 4. The molecule has 0 radical (unpaired) electrons. The minimum Gasteiger partial charge on any atom is -0.487 e. The van der Waals surface area contributed by atoms with Crippen LogP contribution < -0.4 is 15.1 Å². The van der Waals surface area contributed by atoms with Gasteiger partial charge in [-0.1, -0.05) is 30.3 Å². The van der Waals surface area contributed by atoms with Crippen molar-refractivity contribution >= 4 is 11.0 Å². The third-order valence-corrected chi connectivity index (χ3v) is 4.52. The van der Waals surface area contributed by atoms with Gasteiger partial charge in [-0.15, -0.1) is 0 Å². The Hall–Kier alpha value is -2.75. The van der Waals surface area contributed by atoms with E-state index in [4.69, 9.17) is 13.9 Å². The van der Waals surface area contributed by atoms with Crippen LogP contribution in [0.1, 0.15) is 31.2 Å². The molecule has 0 unspecified atom stereocenters. The summed E-state index contributed by atoms with van der Waals surface area (Å²) in [6, 6.07) is 16.8. The van der Waals surface area contributed by atoms with Gasteiger partial charge in [0.1, 0.15) is 12.2 Å². The fourth-order valence-corrected chi connectivity index (χ4v) is 3.20. The van der Waals surface area contributed by atoms with Gasteiger partial charge in [0.25, 0.3) is 0 Å². The van der Waals surface area contributed by atoms with E-state index < -0.39 is 0 Å². The van der Waals surface area contributed by atoms with Crippen molar-refractivity contribution in [2.75, 3.05) is 0 Å². The van der Waals surface area contributed by atoms with Crippen LogP contribution in [0.5, 0.6) is 11.5 Å². The van der Waals surface area contributed by atoms with Crippen LogP contribution in [0, 0.1) is 0 Å². The first-order valence-corrected chi connectivity index (χ1v) is 8.69. The molecule has 1 fully saturated rings. The fourth-order valence-electron chi connectivity index (χ4n) is 3.20. The molecule has 4 rings (SSSR count). The van der Waals surface area contributed by atoms with Crippen LogP contribution >= 0.6 is 0 Å². The maximum absolute atomic E-state index is 11.5. The van der Waals surface area contributed by atoms with Gasteiger partial charge in [-0.25, -0.2) is 4.79 Å². The molecule has 1 saturated carbocycles. The average molecular weight is 336 g/mol. The highest BCUT2D eigenvalue weighted by atomic mass is 16.5. The highest BCUT2D eigenvalue weighted by Gasteiger charge is 2.19. The van der Waals surface area contributed by atoms with E-state index in [1.54, 1.807) is 12.1 Å². The molecule has 0 saturated heterocycles. The molecule has 4 heteroatoms. The Kier molecular flexibility index (Phi) is 4.42. The van der Waals surface area contributed by atoms with Crippen LogP contribution in [0.25, 0.3) is 11.0 Å². The van der Waals surface area contributed by atoms with Crippen molar-refractivity contribution in [3.63, 3.8) is 0 Å². The van der Waals surface area contributed by atoms with Crippen LogP contribution in [0.3, 0.4) is 0 Å². The standard InChI is InChI=1S/C21H20O4/c22-21-11-10-16-12-20(24-17-8-4-5-9-17)19(13-18(16)25-21)23-14-15-6-2-1-3-7-15/h1-3,6-7,10-13,17H,4-5,8-9,14H2. The second-order valence-electron chi connectivity index (χ2n) is 6.39. The van der Waals surface area contributed by atoms with Crippen molar-refractivity contribution in [3.8, 4) is 11.5 Å². The molecule has 25 heavy (non-hydrogen) atoms. The largest absolute Gasteiger partial charge is 0.487 e. The van der Waals surface area contributed by atoms with Gasteiger partial charge in [0.15, 0.2) is 11.5 Å². The lowest BCUT2D eigenvalue weighted by atomic mass is 10.2. The Morgan fingerprint density at radius 2 is 1.76 bits per heavy atom. The Balaban J connectivity index is 1.66. The highest BCUT2D eigenvalue weighted by molar-refractivity contribution is 5.80. The quantitative estimate of drug-likeness (QED) is 0.634. The summed E-state index contributed by atoms with van der Waals surface area (Å²) < 4.78 is 17.5. The molecule has 0 N–H and O–H groups in total. The molecule has 3 aromatic rings. The smallest absolute Gasteiger partial charge is 0.336 e. The Morgan fingerprint density at radius 3 is 2.56 bits per heavy atom. The number of rotatable bonds is 5. The van der Waals surface area contributed by atoms with Gasteiger partial charge in [0.2, 0.25) is 0 Å². The van der Waals surface area contributed by atoms with E-state index in [1.165, 1.54) is 18.9 Å². The van der Waals surface area contributed by atoms with Gasteiger partial charge in [-0.05, 0) is 43.4 Å². The molecular formula is C21H20O4. The molecule has 2 aromatic carbocycles. The zero-order valence-corrected chi connectivity index (χ0v) is 13.9. The van der Waals surface area contributed by atoms with E-state index in [9.17, 15) is 4.79 Å². The van der Waals surface area contributed by atoms with E-state index in [1.807, 2.05) is 36.4 Å². The SMILES string of the molecule is O=c1ccc2cc(OC3CCCC3)c(OCc3ccccc3)cc2o1. The van der Waals surface area contributed by atoms with Gasteiger partial charge >= 0.3 is 5.63 Å². The van der Waals surface area contributed by atoms with Gasteiger partial charge in [-0.2, -0.15) is 0 Å². The van der Waals surface area contributed by atoms with Crippen LogP contribution in [0.4, 0.5) is 0 Å². The monoisotopic (exact) mass is 336 g/mol. The van der Waals surface area contributed by atoms with Crippen LogP contribution in [0.15, 0.2) is 63.8 Å². The highest BCUT2D eigenvalue weighted by Crippen LogP contribution is 2.35. The molecule has 1 aromatic heterocycles. The molecule has 0 spiro atoms. The minimum atomic E-state index is -0.369. The van der Waals surface area contributed by atoms with Gasteiger partial charge in [-0.3, -0.25) is 0 Å². The summed E-state index contributed by atoms with van der Waals surface area (Å²) in [7, 11) is 0. The summed E-state index contributed by atoms with van der Waals surface area (Å²) in [5.41, 5.74) is 1.21. The molecule has 1 aliphatic rings. The minimum absolute atomic E-state index is 0.229. The lowest BCUT2D eigenvalue weighted by molar-refractivity contribution is 0.193. The van der Waals surface area contributed by atoms with Crippen molar-refractivity contribution in [2.24, 2.45) is 0 Å². The average Bonchev–Trinajstić information content (AvgIpc) is 3.14. The van der Waals surface area contributed by atoms with Crippen LogP contribution in [-0.2, 0) is 6.61 Å². The summed E-state index contributed by atoms with van der Waals surface area (Å²) in [6.45, 7) is 0.435. The molecule has 0 atom stereocenters. The second kappa shape index (κ2) is 7.01. The fraction of sp³-hybridized carbons (Fsp3) is 0.286. The third kappa shape index (κ3) is 3.68. The third-order valence-electron chi connectivity index (χ3n) is 4.52. The predicted molar refractivity (Wildman–Crippen MR) is 96.1 cm³/mol.